The third-order valence-corrected chi connectivity index (χ3v) is 2.53. The average Bonchev–Trinajstić information content (AvgIpc) is 2.61. The van der Waals surface area contributed by atoms with Crippen LogP contribution in [-0.4, -0.2) is 27.2 Å². The summed E-state index contributed by atoms with van der Waals surface area (Å²) >= 11 is 0. The quantitative estimate of drug-likeness (QED) is 0.806. The third-order valence-electron chi connectivity index (χ3n) is 2.53. The Morgan fingerprint density at radius 1 is 1.65 bits per heavy atom. The first-order valence-corrected chi connectivity index (χ1v) is 5.32. The minimum absolute atomic E-state index is 0.150. The zero-order valence-electron chi connectivity index (χ0n) is 9.90. The van der Waals surface area contributed by atoms with Gasteiger partial charge in [-0.05, 0) is 13.0 Å². The summed E-state index contributed by atoms with van der Waals surface area (Å²) in [6.45, 7) is 5.90. The first-order valence-electron chi connectivity index (χ1n) is 5.32. The van der Waals surface area contributed by atoms with Gasteiger partial charge in [-0.3, -0.25) is 9.48 Å². The number of fused-ring (bicyclic) bond motifs is 1. The van der Waals surface area contributed by atoms with E-state index in [9.17, 15) is 4.79 Å². The molecule has 0 unspecified atom stereocenters. The molecule has 0 aromatic carbocycles. The van der Waals surface area contributed by atoms with Crippen LogP contribution in [0.3, 0.4) is 0 Å². The topological polar surface area (TPSA) is 59.8 Å². The van der Waals surface area contributed by atoms with Gasteiger partial charge in [-0.15, -0.1) is 6.58 Å². The molecule has 0 aliphatic rings. The number of amides is 1. The van der Waals surface area contributed by atoms with Crippen LogP contribution in [0.5, 0.6) is 0 Å². The van der Waals surface area contributed by atoms with Gasteiger partial charge in [0.05, 0.1) is 11.3 Å². The lowest BCUT2D eigenvalue weighted by atomic mass is 10.2. The molecule has 17 heavy (non-hydrogen) atoms. The van der Waals surface area contributed by atoms with Gasteiger partial charge in [0, 0.05) is 25.2 Å². The van der Waals surface area contributed by atoms with E-state index >= 15 is 0 Å². The molecule has 0 saturated heterocycles. The van der Waals surface area contributed by atoms with Crippen molar-refractivity contribution >= 4 is 16.9 Å². The lowest BCUT2D eigenvalue weighted by Gasteiger charge is -2.02. The van der Waals surface area contributed by atoms with Gasteiger partial charge in [0.2, 0.25) is 0 Å². The van der Waals surface area contributed by atoms with E-state index in [2.05, 4.69) is 22.0 Å². The average molecular weight is 230 g/mol. The molecule has 5 heteroatoms. The van der Waals surface area contributed by atoms with E-state index in [0.717, 1.165) is 16.7 Å². The van der Waals surface area contributed by atoms with E-state index in [-0.39, 0.29) is 5.91 Å². The number of pyridine rings is 1. The van der Waals surface area contributed by atoms with Crippen molar-refractivity contribution in [3.63, 3.8) is 0 Å². The Bertz CT molecular complexity index is 585. The van der Waals surface area contributed by atoms with E-state index in [4.69, 9.17) is 0 Å². The van der Waals surface area contributed by atoms with E-state index < -0.39 is 0 Å². The molecule has 0 bridgehead atoms. The highest BCUT2D eigenvalue weighted by Crippen LogP contribution is 2.16. The Morgan fingerprint density at radius 3 is 3.12 bits per heavy atom. The Kier molecular flexibility index (Phi) is 2.91. The molecule has 0 atom stereocenters. The third kappa shape index (κ3) is 2.04. The van der Waals surface area contributed by atoms with Gasteiger partial charge in [-0.2, -0.15) is 5.10 Å². The van der Waals surface area contributed by atoms with Gasteiger partial charge in [0.1, 0.15) is 0 Å². The smallest absolute Gasteiger partial charge is 0.253 e. The van der Waals surface area contributed by atoms with Crippen molar-refractivity contribution in [2.75, 3.05) is 6.54 Å². The lowest BCUT2D eigenvalue weighted by molar-refractivity contribution is 0.0958. The molecule has 2 aromatic rings. The Morgan fingerprint density at radius 2 is 2.41 bits per heavy atom. The van der Waals surface area contributed by atoms with E-state index in [0.29, 0.717) is 12.1 Å². The second kappa shape index (κ2) is 4.37. The van der Waals surface area contributed by atoms with Gasteiger partial charge in [-0.1, -0.05) is 6.08 Å². The minimum atomic E-state index is -0.150. The maximum absolute atomic E-state index is 11.7. The standard InChI is InChI=1S/C12H14N4O/c1-4-5-13-12(17)9-6-10-8(2)15-16(3)11(10)14-7-9/h4,6-7H,1,5H2,2-3H3,(H,13,17). The van der Waals surface area contributed by atoms with Crippen LogP contribution in [0.2, 0.25) is 0 Å². The van der Waals surface area contributed by atoms with Crippen molar-refractivity contribution in [1.29, 1.82) is 0 Å². The highest BCUT2D eigenvalue weighted by molar-refractivity contribution is 5.97. The SMILES string of the molecule is C=CCNC(=O)c1cnc2c(c1)c(C)nn2C. The van der Waals surface area contributed by atoms with Crippen LogP contribution >= 0.6 is 0 Å². The minimum Gasteiger partial charge on any atom is -0.349 e. The van der Waals surface area contributed by atoms with Crippen molar-refractivity contribution in [3.8, 4) is 0 Å². The van der Waals surface area contributed by atoms with E-state index in [1.165, 1.54) is 0 Å². The van der Waals surface area contributed by atoms with Crippen molar-refractivity contribution in [1.82, 2.24) is 20.1 Å². The maximum atomic E-state index is 11.7. The second-order valence-electron chi connectivity index (χ2n) is 3.80. The van der Waals surface area contributed by atoms with Gasteiger partial charge < -0.3 is 5.32 Å². The first-order chi connectivity index (χ1) is 8.13. The summed E-state index contributed by atoms with van der Waals surface area (Å²) in [6, 6.07) is 1.81. The van der Waals surface area contributed by atoms with Crippen LogP contribution in [0, 0.1) is 6.92 Å². The summed E-state index contributed by atoms with van der Waals surface area (Å²) in [7, 11) is 1.83. The molecule has 0 saturated carbocycles. The van der Waals surface area contributed by atoms with Crippen LogP contribution in [-0.2, 0) is 7.05 Å². The molecule has 88 valence electrons. The lowest BCUT2D eigenvalue weighted by Crippen LogP contribution is -2.23. The fourth-order valence-corrected chi connectivity index (χ4v) is 1.70. The molecular weight excluding hydrogens is 216 g/mol. The van der Waals surface area contributed by atoms with Crippen molar-refractivity contribution < 1.29 is 4.79 Å². The Hall–Kier alpha value is -2.17. The molecule has 2 heterocycles. The summed E-state index contributed by atoms with van der Waals surface area (Å²) in [6.07, 6.45) is 3.20. The number of carbonyl (C=O) groups is 1. The van der Waals surface area contributed by atoms with Crippen LogP contribution in [0.4, 0.5) is 0 Å². The molecule has 2 aromatic heterocycles. The number of carbonyl (C=O) groups excluding carboxylic acids is 1. The molecule has 0 fully saturated rings. The molecule has 0 radical (unpaired) electrons. The number of aromatic nitrogens is 3. The molecule has 0 spiro atoms. The Labute approximate surface area is 99.2 Å². The van der Waals surface area contributed by atoms with Gasteiger partial charge >= 0.3 is 0 Å². The fraction of sp³-hybridized carbons (Fsp3) is 0.250. The van der Waals surface area contributed by atoms with Crippen LogP contribution < -0.4 is 5.32 Å². The summed E-state index contributed by atoms with van der Waals surface area (Å²) in [5.41, 5.74) is 2.19. The zero-order valence-corrected chi connectivity index (χ0v) is 9.90. The first kappa shape index (κ1) is 11.3. The van der Waals surface area contributed by atoms with Gasteiger partial charge in [-0.25, -0.2) is 4.98 Å². The van der Waals surface area contributed by atoms with E-state index in [1.54, 1.807) is 17.0 Å². The zero-order chi connectivity index (χ0) is 12.4. The van der Waals surface area contributed by atoms with Crippen LogP contribution in [0.25, 0.3) is 11.0 Å². The van der Waals surface area contributed by atoms with E-state index in [1.807, 2.05) is 20.0 Å². The highest BCUT2D eigenvalue weighted by atomic mass is 16.1. The highest BCUT2D eigenvalue weighted by Gasteiger charge is 2.10. The molecule has 5 nitrogen and oxygen atoms in total. The number of hydrogen-bond donors (Lipinski definition) is 1. The fourth-order valence-electron chi connectivity index (χ4n) is 1.70. The summed E-state index contributed by atoms with van der Waals surface area (Å²) in [4.78, 5) is 16.0. The van der Waals surface area contributed by atoms with Crippen molar-refractivity contribution in [3.05, 3.63) is 36.2 Å². The number of rotatable bonds is 3. The predicted octanol–water partition coefficient (Wildman–Crippen LogP) is 1.19. The largest absolute Gasteiger partial charge is 0.349 e. The predicted molar refractivity (Wildman–Crippen MR) is 65.8 cm³/mol. The molecule has 2 rings (SSSR count). The monoisotopic (exact) mass is 230 g/mol. The number of hydrogen-bond acceptors (Lipinski definition) is 3. The summed E-state index contributed by atoms with van der Waals surface area (Å²) in [5, 5.41) is 7.88. The summed E-state index contributed by atoms with van der Waals surface area (Å²) < 4.78 is 1.70. The van der Waals surface area contributed by atoms with Crippen molar-refractivity contribution in [2.24, 2.45) is 7.05 Å². The second-order valence-corrected chi connectivity index (χ2v) is 3.80. The number of aryl methyl sites for hydroxylation is 2. The van der Waals surface area contributed by atoms with Gasteiger partial charge in [0.15, 0.2) is 5.65 Å². The van der Waals surface area contributed by atoms with Gasteiger partial charge in [0.25, 0.3) is 5.91 Å². The number of nitrogens with one attached hydrogen (secondary N) is 1. The summed E-state index contributed by atoms with van der Waals surface area (Å²) in [5.74, 6) is -0.150. The molecule has 0 aliphatic carbocycles. The Balaban J connectivity index is 2.40. The molecule has 1 N–H and O–H groups in total. The number of nitrogens with zero attached hydrogens (tertiary/aromatic N) is 3. The normalized spacial score (nSPS) is 10.5. The molecule has 1 amide bonds. The van der Waals surface area contributed by atoms with Crippen molar-refractivity contribution in [2.45, 2.75) is 6.92 Å². The van der Waals surface area contributed by atoms with Crippen LogP contribution in [0.15, 0.2) is 24.9 Å². The molecule has 0 aliphatic heterocycles. The maximum Gasteiger partial charge on any atom is 0.253 e. The van der Waals surface area contributed by atoms with Crippen LogP contribution in [0.1, 0.15) is 16.1 Å². The molecular formula is C12H14N4O.